The predicted molar refractivity (Wildman–Crippen MR) is 250 cm³/mol. The number of ether oxygens (including phenoxy) is 1. The molecular weight excluding hydrogens is 839 g/mol. The third-order valence-corrected chi connectivity index (χ3v) is 14.2. The highest BCUT2D eigenvalue weighted by Gasteiger charge is 2.38. The highest BCUT2D eigenvalue weighted by molar-refractivity contribution is 6.01. The minimum atomic E-state index is -0.719. The number of fused-ring (bicyclic) bond motifs is 2. The number of carbonyl (C=O) groups is 5. The van der Waals surface area contributed by atoms with Gasteiger partial charge in [-0.1, -0.05) is 30.3 Å². The Labute approximate surface area is 382 Å². The Kier molecular flexibility index (Phi) is 11.6. The summed E-state index contributed by atoms with van der Waals surface area (Å²) in [6.45, 7) is 3.09. The molecule has 0 bridgehead atoms. The van der Waals surface area contributed by atoms with Gasteiger partial charge in [0.1, 0.15) is 12.1 Å². The molecule has 4 N–H and O–H groups in total. The molecule has 3 saturated heterocycles. The van der Waals surface area contributed by atoms with E-state index >= 15 is 0 Å². The van der Waals surface area contributed by atoms with Crippen LogP contribution in [0.5, 0.6) is 0 Å². The molecule has 5 aliphatic rings. The summed E-state index contributed by atoms with van der Waals surface area (Å²) in [5.41, 5.74) is 12.4. The molecule has 5 aromatic rings. The Morgan fingerprint density at radius 3 is 2.39 bits per heavy atom. The number of amides is 5. The Morgan fingerprint density at radius 2 is 1.64 bits per heavy atom. The van der Waals surface area contributed by atoms with E-state index in [4.69, 9.17) is 4.74 Å². The maximum atomic E-state index is 13.8. The highest BCUT2D eigenvalue weighted by atomic mass is 16.5. The minimum absolute atomic E-state index is 0.115. The Bertz CT molecular complexity index is 2840. The van der Waals surface area contributed by atoms with Gasteiger partial charge in [0.15, 0.2) is 0 Å². The Balaban J connectivity index is 0.816. The van der Waals surface area contributed by atoms with E-state index in [0.29, 0.717) is 42.7 Å². The summed E-state index contributed by atoms with van der Waals surface area (Å²) >= 11 is 0. The second-order valence-corrected chi connectivity index (χ2v) is 18.3. The van der Waals surface area contributed by atoms with Crippen molar-refractivity contribution in [3.8, 4) is 11.1 Å². The van der Waals surface area contributed by atoms with Crippen LogP contribution in [0.4, 0.5) is 17.1 Å². The lowest BCUT2D eigenvalue weighted by molar-refractivity contribution is -0.135. The molecule has 2 atom stereocenters. The summed E-state index contributed by atoms with van der Waals surface area (Å²) in [6, 6.07) is 23.9. The molecule has 10 rings (SSSR count). The zero-order chi connectivity index (χ0) is 45.8. The first-order valence-electron chi connectivity index (χ1n) is 23.1. The van der Waals surface area contributed by atoms with Crippen LogP contribution >= 0.6 is 0 Å². The first-order chi connectivity index (χ1) is 31.9. The number of carbonyl (C=O) groups excluding carboxylic acids is 5. The van der Waals surface area contributed by atoms with Crippen molar-refractivity contribution >= 4 is 57.6 Å². The van der Waals surface area contributed by atoms with Gasteiger partial charge in [0.25, 0.3) is 5.91 Å². The van der Waals surface area contributed by atoms with Gasteiger partial charge in [-0.15, -0.1) is 0 Å². The summed E-state index contributed by atoms with van der Waals surface area (Å²) in [7, 11) is 5.21. The fraction of sp³-hybridized carbons (Fsp3) is 0.400. The summed E-state index contributed by atoms with van der Waals surface area (Å²) in [6.07, 6.45) is 5.60. The monoisotopic (exact) mass is 893 g/mol. The zero-order valence-electron chi connectivity index (χ0n) is 37.5. The maximum Gasteiger partial charge on any atom is 0.329 e. The lowest BCUT2D eigenvalue weighted by atomic mass is 9.77. The average molecular weight is 894 g/mol. The third-order valence-electron chi connectivity index (χ3n) is 14.2. The zero-order valence-corrected chi connectivity index (χ0v) is 37.5. The number of hydrogen-bond donors (Lipinski definition) is 4. The number of aryl methyl sites for hydroxylation is 1. The molecule has 0 spiro atoms. The lowest BCUT2D eigenvalue weighted by Crippen LogP contribution is -2.44. The van der Waals surface area contributed by atoms with Gasteiger partial charge < -0.3 is 25.3 Å². The molecule has 16 nitrogen and oxygen atoms in total. The number of aromatic nitrogens is 2. The summed E-state index contributed by atoms with van der Waals surface area (Å²) in [5, 5.41) is 9.87. The fourth-order valence-electron chi connectivity index (χ4n) is 10.6. The summed E-state index contributed by atoms with van der Waals surface area (Å²) in [4.78, 5) is 81.4. The fourth-order valence-corrected chi connectivity index (χ4v) is 10.6. The highest BCUT2D eigenvalue weighted by Crippen LogP contribution is 2.43. The van der Waals surface area contributed by atoms with E-state index in [1.54, 1.807) is 47.5 Å². The van der Waals surface area contributed by atoms with Crippen molar-refractivity contribution in [1.29, 1.82) is 0 Å². The van der Waals surface area contributed by atoms with Crippen molar-refractivity contribution in [2.24, 2.45) is 7.05 Å². The van der Waals surface area contributed by atoms with Crippen LogP contribution in [0.1, 0.15) is 96.4 Å². The molecule has 4 fully saturated rings. The number of imidazole rings is 1. The first-order valence-corrected chi connectivity index (χ1v) is 23.1. The molecule has 5 amide bonds. The van der Waals surface area contributed by atoms with Crippen LogP contribution in [0.2, 0.25) is 0 Å². The van der Waals surface area contributed by atoms with Crippen molar-refractivity contribution in [2.75, 3.05) is 49.0 Å². The van der Waals surface area contributed by atoms with E-state index in [9.17, 15) is 28.8 Å². The molecule has 1 saturated carbocycles. The van der Waals surface area contributed by atoms with E-state index < -0.39 is 18.0 Å². The Hall–Kier alpha value is -6.62. The van der Waals surface area contributed by atoms with Crippen molar-refractivity contribution < 1.29 is 28.7 Å². The SMILES string of the molecule is CNC(=O)c1cccc(NC(=O)C2NN(C)c3ccc(-c4ccc(N5CCCC5=O)cc4CN4CCC(OC5CC(c6cccc7c6n(C)c(=O)n7C6CCC(=O)NC6=O)C5)CC4)cc32)c1. The second kappa shape index (κ2) is 17.6. The third kappa shape index (κ3) is 8.07. The minimum Gasteiger partial charge on any atom is -0.375 e. The normalized spacial score (nSPS) is 22.4. The van der Waals surface area contributed by atoms with Crippen LogP contribution in [-0.2, 0) is 37.5 Å². The predicted octanol–water partition coefficient (Wildman–Crippen LogP) is 5.03. The van der Waals surface area contributed by atoms with Gasteiger partial charge in [-0.3, -0.25) is 43.3 Å². The van der Waals surface area contributed by atoms with E-state index in [1.165, 1.54) is 0 Å². The molecule has 1 aliphatic carbocycles. The van der Waals surface area contributed by atoms with E-state index in [0.717, 1.165) is 89.9 Å². The topological polar surface area (TPSA) is 179 Å². The molecular formula is C50H55N9O7. The van der Waals surface area contributed by atoms with Crippen molar-refractivity contribution in [3.05, 3.63) is 112 Å². The molecule has 4 aliphatic heterocycles. The molecule has 1 aromatic heterocycles. The van der Waals surface area contributed by atoms with Crippen LogP contribution < -0.4 is 37.0 Å². The number of para-hydroxylation sites is 1. The van der Waals surface area contributed by atoms with Crippen LogP contribution in [-0.4, -0.2) is 89.5 Å². The number of nitrogens with one attached hydrogen (secondary N) is 4. The quantitative estimate of drug-likeness (QED) is 0.132. The molecule has 66 heavy (non-hydrogen) atoms. The number of likely N-dealkylation sites (tertiary alicyclic amines) is 1. The largest absolute Gasteiger partial charge is 0.375 e. The number of nitrogens with zero attached hydrogens (tertiary/aromatic N) is 5. The standard InChI is InChI=1S/C50H55N9O7/c1-51-47(62)30-7-4-8-33(23-30)52-49(64)45-39-27-29(12-15-40(39)56(3)54-45)37-14-13-34(58-20-6-11-44(58)61)24-32(37)28-57-21-18-35(19-22-57)66-36-25-31(26-36)38-9-5-10-41-46(38)55(2)50(65)59(41)42-16-17-43(60)53-48(42)63/h4-5,7-10,12-15,23-24,27,31,35-36,42,45,54H,6,11,16-22,25-26,28H2,1-3H3,(H,51,62)(H,52,64)(H,53,60,63). The number of hydrogen-bond acceptors (Lipinski definition) is 10. The van der Waals surface area contributed by atoms with Gasteiger partial charge in [0.05, 0.1) is 28.9 Å². The van der Waals surface area contributed by atoms with Gasteiger partial charge in [-0.2, -0.15) is 0 Å². The molecule has 0 radical (unpaired) electrons. The van der Waals surface area contributed by atoms with Crippen molar-refractivity contribution in [2.45, 2.75) is 88.1 Å². The summed E-state index contributed by atoms with van der Waals surface area (Å²) in [5.74, 6) is -0.868. The van der Waals surface area contributed by atoms with Crippen LogP contribution in [0.3, 0.4) is 0 Å². The maximum absolute atomic E-state index is 13.8. The molecule has 16 heteroatoms. The number of piperidine rings is 2. The lowest BCUT2D eigenvalue weighted by Gasteiger charge is -2.40. The van der Waals surface area contributed by atoms with E-state index in [2.05, 4.69) is 56.6 Å². The molecule has 4 aromatic carbocycles. The van der Waals surface area contributed by atoms with Crippen LogP contribution in [0.25, 0.3) is 22.2 Å². The molecule has 342 valence electrons. The van der Waals surface area contributed by atoms with Gasteiger partial charge in [0, 0.05) is 82.7 Å². The smallest absolute Gasteiger partial charge is 0.329 e. The number of hydrazine groups is 1. The van der Waals surface area contributed by atoms with Gasteiger partial charge in [0.2, 0.25) is 23.6 Å². The summed E-state index contributed by atoms with van der Waals surface area (Å²) < 4.78 is 9.89. The number of imide groups is 1. The second-order valence-electron chi connectivity index (χ2n) is 18.3. The number of anilines is 3. The first kappa shape index (κ1) is 43.3. The van der Waals surface area contributed by atoms with Crippen LogP contribution in [0.15, 0.2) is 83.7 Å². The van der Waals surface area contributed by atoms with Gasteiger partial charge >= 0.3 is 5.69 Å². The van der Waals surface area contributed by atoms with Gasteiger partial charge in [-0.25, -0.2) is 10.2 Å². The van der Waals surface area contributed by atoms with Gasteiger partial charge in [-0.05, 0) is 115 Å². The van der Waals surface area contributed by atoms with E-state index in [-0.39, 0.29) is 53.9 Å². The molecule has 2 unspecified atom stereocenters. The Morgan fingerprint density at radius 1 is 0.833 bits per heavy atom. The molecule has 5 heterocycles. The van der Waals surface area contributed by atoms with E-state index in [1.807, 2.05) is 41.2 Å². The number of benzene rings is 4. The average Bonchev–Trinajstić information content (AvgIpc) is 3.97. The van der Waals surface area contributed by atoms with Crippen LogP contribution in [0, 0.1) is 0 Å². The number of rotatable bonds is 11. The van der Waals surface area contributed by atoms with Crippen molar-refractivity contribution in [3.63, 3.8) is 0 Å². The van der Waals surface area contributed by atoms with Crippen molar-refractivity contribution in [1.82, 2.24) is 30.1 Å².